The van der Waals surface area contributed by atoms with Crippen molar-refractivity contribution in [1.82, 2.24) is 15.5 Å². The maximum Gasteiger partial charge on any atom is 0.309 e. The van der Waals surface area contributed by atoms with Crippen molar-refractivity contribution >= 4 is 28.8 Å². The Kier molecular flexibility index (Phi) is 8.33. The summed E-state index contributed by atoms with van der Waals surface area (Å²) in [6.07, 6.45) is 0.693. The van der Waals surface area contributed by atoms with Gasteiger partial charge in [-0.3, -0.25) is 14.5 Å². The Morgan fingerprint density at radius 3 is 2.21 bits per heavy atom. The molecule has 34 heavy (non-hydrogen) atoms. The Labute approximate surface area is 205 Å². The van der Waals surface area contributed by atoms with E-state index in [0.29, 0.717) is 13.0 Å². The number of piperazine rings is 1. The van der Waals surface area contributed by atoms with Crippen molar-refractivity contribution < 1.29 is 9.59 Å². The highest BCUT2D eigenvalue weighted by molar-refractivity contribution is 7.10. The second-order valence-electron chi connectivity index (χ2n) is 8.57. The lowest BCUT2D eigenvalue weighted by Gasteiger charge is -2.42. The minimum atomic E-state index is -0.582. The highest BCUT2D eigenvalue weighted by Crippen LogP contribution is 2.30. The number of nitrogens with one attached hydrogen (secondary N) is 2. The van der Waals surface area contributed by atoms with Gasteiger partial charge in [-0.2, -0.15) is 0 Å². The molecule has 2 atom stereocenters. The first kappa shape index (κ1) is 24.0. The van der Waals surface area contributed by atoms with E-state index in [0.717, 1.165) is 31.7 Å². The number of hydrogen-bond donors (Lipinski definition) is 2. The molecule has 1 aliphatic heterocycles. The number of rotatable bonds is 8. The van der Waals surface area contributed by atoms with Crippen molar-refractivity contribution in [3.8, 4) is 0 Å². The van der Waals surface area contributed by atoms with E-state index in [2.05, 4.69) is 56.1 Å². The van der Waals surface area contributed by atoms with Gasteiger partial charge in [0.2, 0.25) is 0 Å². The molecule has 0 aliphatic carbocycles. The molecule has 2 N–H and O–H groups in total. The second-order valence-corrected chi connectivity index (χ2v) is 9.55. The summed E-state index contributed by atoms with van der Waals surface area (Å²) in [6.45, 7) is 6.05. The zero-order chi connectivity index (χ0) is 23.8. The lowest BCUT2D eigenvalue weighted by Crippen LogP contribution is -2.53. The Balaban J connectivity index is 1.33. The third-order valence-electron chi connectivity index (χ3n) is 6.24. The van der Waals surface area contributed by atoms with Crippen LogP contribution >= 0.6 is 11.3 Å². The molecule has 1 saturated heterocycles. The minimum absolute atomic E-state index is 0.0268. The molecule has 1 fully saturated rings. The molecule has 0 bridgehead atoms. The molecule has 0 radical (unpaired) electrons. The summed E-state index contributed by atoms with van der Waals surface area (Å²) in [6, 6.07) is 24.4. The summed E-state index contributed by atoms with van der Waals surface area (Å²) in [5.41, 5.74) is 2.37. The van der Waals surface area contributed by atoms with E-state index in [-0.39, 0.29) is 12.1 Å². The largest absolute Gasteiger partial charge is 0.369 e. The molecule has 2 aromatic carbocycles. The summed E-state index contributed by atoms with van der Waals surface area (Å²) in [5.74, 6) is -1.16. The number of nitrogens with zero attached hydrogens (tertiary/aromatic N) is 2. The van der Waals surface area contributed by atoms with Crippen LogP contribution in [0.5, 0.6) is 0 Å². The first-order valence-electron chi connectivity index (χ1n) is 11.8. The standard InChI is InChI=1S/C27H32N4O2S/c1-21(29-27(33)26(32)28-15-14-22-9-4-2-5-10-22)25(24-13-8-20-34-24)31-18-16-30(17-19-31)23-11-6-3-7-12-23/h2-13,20-21,25H,14-19H2,1H3,(H,28,32)(H,29,33). The van der Waals surface area contributed by atoms with Crippen LogP contribution in [0.25, 0.3) is 0 Å². The summed E-state index contributed by atoms with van der Waals surface area (Å²) in [5, 5.41) is 7.77. The van der Waals surface area contributed by atoms with Crippen LogP contribution in [0.3, 0.4) is 0 Å². The van der Waals surface area contributed by atoms with Crippen molar-refractivity contribution in [3.63, 3.8) is 0 Å². The third kappa shape index (κ3) is 6.24. The van der Waals surface area contributed by atoms with Gasteiger partial charge in [-0.25, -0.2) is 0 Å². The van der Waals surface area contributed by atoms with Gasteiger partial charge in [-0.1, -0.05) is 54.6 Å². The highest BCUT2D eigenvalue weighted by Gasteiger charge is 2.31. The first-order chi connectivity index (χ1) is 16.6. The summed E-state index contributed by atoms with van der Waals surface area (Å²) >= 11 is 1.69. The van der Waals surface area contributed by atoms with E-state index >= 15 is 0 Å². The molecule has 4 rings (SSSR count). The van der Waals surface area contributed by atoms with Gasteiger partial charge >= 0.3 is 11.8 Å². The van der Waals surface area contributed by atoms with E-state index in [1.807, 2.05) is 49.4 Å². The molecule has 2 amide bonds. The Morgan fingerprint density at radius 1 is 0.882 bits per heavy atom. The van der Waals surface area contributed by atoms with Crippen molar-refractivity contribution in [1.29, 1.82) is 0 Å². The van der Waals surface area contributed by atoms with E-state index in [4.69, 9.17) is 0 Å². The van der Waals surface area contributed by atoms with Gasteiger partial charge in [0, 0.05) is 49.3 Å². The van der Waals surface area contributed by atoms with E-state index in [1.54, 1.807) is 11.3 Å². The lowest BCUT2D eigenvalue weighted by molar-refractivity contribution is -0.139. The first-order valence-corrected chi connectivity index (χ1v) is 12.7. The summed E-state index contributed by atoms with van der Waals surface area (Å²) in [4.78, 5) is 31.1. The molecular weight excluding hydrogens is 444 g/mol. The van der Waals surface area contributed by atoms with Gasteiger partial charge in [0.1, 0.15) is 0 Å². The van der Waals surface area contributed by atoms with Gasteiger partial charge in [-0.05, 0) is 42.5 Å². The predicted octanol–water partition coefficient (Wildman–Crippen LogP) is 3.48. The van der Waals surface area contributed by atoms with Crippen molar-refractivity contribution in [2.24, 2.45) is 0 Å². The van der Waals surface area contributed by atoms with Gasteiger partial charge in [0.05, 0.1) is 6.04 Å². The summed E-state index contributed by atoms with van der Waals surface area (Å²) in [7, 11) is 0. The van der Waals surface area contributed by atoms with Crippen LogP contribution in [0.15, 0.2) is 78.2 Å². The fraction of sp³-hybridized carbons (Fsp3) is 0.333. The molecule has 1 aromatic heterocycles. The number of anilines is 1. The quantitative estimate of drug-likeness (QED) is 0.489. The monoisotopic (exact) mass is 476 g/mol. The third-order valence-corrected chi connectivity index (χ3v) is 7.19. The topological polar surface area (TPSA) is 64.7 Å². The smallest absolute Gasteiger partial charge is 0.309 e. The Morgan fingerprint density at radius 2 is 1.56 bits per heavy atom. The molecule has 2 unspecified atom stereocenters. The maximum atomic E-state index is 12.6. The molecule has 1 aliphatic rings. The number of para-hydroxylation sites is 1. The average molecular weight is 477 g/mol. The van der Waals surface area contributed by atoms with Crippen LogP contribution in [0.2, 0.25) is 0 Å². The van der Waals surface area contributed by atoms with Crippen LogP contribution < -0.4 is 15.5 Å². The number of benzene rings is 2. The van der Waals surface area contributed by atoms with E-state index < -0.39 is 11.8 Å². The fourth-order valence-corrected chi connectivity index (χ4v) is 5.46. The molecule has 0 spiro atoms. The van der Waals surface area contributed by atoms with Gasteiger partial charge in [0.15, 0.2) is 0 Å². The van der Waals surface area contributed by atoms with Crippen LogP contribution in [0.4, 0.5) is 5.69 Å². The SMILES string of the molecule is CC(NC(=O)C(=O)NCCc1ccccc1)C(c1cccs1)N1CCN(c2ccccc2)CC1. The number of hydrogen-bond acceptors (Lipinski definition) is 5. The molecule has 7 heteroatoms. The molecular formula is C27H32N4O2S. The van der Waals surface area contributed by atoms with Crippen LogP contribution in [-0.2, 0) is 16.0 Å². The maximum absolute atomic E-state index is 12.6. The lowest BCUT2D eigenvalue weighted by atomic mass is 10.0. The fourth-order valence-electron chi connectivity index (χ4n) is 4.50. The number of amides is 2. The van der Waals surface area contributed by atoms with Crippen molar-refractivity contribution in [2.45, 2.75) is 25.4 Å². The normalized spacial score (nSPS) is 16.0. The van der Waals surface area contributed by atoms with Gasteiger partial charge < -0.3 is 15.5 Å². The van der Waals surface area contributed by atoms with E-state index in [1.165, 1.54) is 10.6 Å². The number of carbonyl (C=O) groups excluding carboxylic acids is 2. The van der Waals surface area contributed by atoms with Gasteiger partial charge in [0.25, 0.3) is 0 Å². The molecule has 3 aromatic rings. The van der Waals surface area contributed by atoms with Crippen LogP contribution in [0.1, 0.15) is 23.4 Å². The number of carbonyl (C=O) groups is 2. The average Bonchev–Trinajstić information content (AvgIpc) is 3.40. The second kappa shape index (κ2) is 11.8. The Hall–Kier alpha value is -3.16. The van der Waals surface area contributed by atoms with Crippen LogP contribution in [0, 0.1) is 0 Å². The van der Waals surface area contributed by atoms with Crippen molar-refractivity contribution in [3.05, 3.63) is 88.6 Å². The van der Waals surface area contributed by atoms with Crippen molar-refractivity contribution in [2.75, 3.05) is 37.6 Å². The molecule has 6 nitrogen and oxygen atoms in total. The molecule has 2 heterocycles. The Bertz CT molecular complexity index is 1040. The van der Waals surface area contributed by atoms with E-state index in [9.17, 15) is 9.59 Å². The highest BCUT2D eigenvalue weighted by atomic mass is 32.1. The van der Waals surface area contributed by atoms with Crippen LogP contribution in [-0.4, -0.2) is 55.5 Å². The predicted molar refractivity (Wildman–Crippen MR) is 138 cm³/mol. The number of thiophene rings is 1. The molecule has 178 valence electrons. The summed E-state index contributed by atoms with van der Waals surface area (Å²) < 4.78 is 0. The van der Waals surface area contributed by atoms with Gasteiger partial charge in [-0.15, -0.1) is 11.3 Å². The molecule has 0 saturated carbocycles. The minimum Gasteiger partial charge on any atom is -0.369 e. The zero-order valence-electron chi connectivity index (χ0n) is 19.5. The zero-order valence-corrected chi connectivity index (χ0v) is 20.3.